The molecule has 0 aromatic heterocycles. The highest BCUT2D eigenvalue weighted by molar-refractivity contribution is 6.00. The summed E-state index contributed by atoms with van der Waals surface area (Å²) >= 11 is 0. The summed E-state index contributed by atoms with van der Waals surface area (Å²) in [5.74, 6) is -0.000637. The highest BCUT2D eigenvalue weighted by atomic mass is 16.2. The summed E-state index contributed by atoms with van der Waals surface area (Å²) in [6.07, 6.45) is 0.869. The van der Waals surface area contributed by atoms with E-state index < -0.39 is 6.04 Å². The zero-order chi connectivity index (χ0) is 15.6. The van der Waals surface area contributed by atoms with Crippen molar-refractivity contribution in [3.8, 4) is 0 Å². The standard InChI is InChI=1S/C16H23N3O2/c1-11(2)14(17-16(21)18(3)4)15(20)19-10-9-12-7-5-6-8-13(12)19/h5-8,11,14H,9-10H2,1-4H3,(H,17,21)/t14-/m0/s1. The van der Waals surface area contributed by atoms with Crippen LogP contribution < -0.4 is 10.2 Å². The first-order chi connectivity index (χ1) is 9.91. The zero-order valence-corrected chi connectivity index (χ0v) is 13.1. The molecule has 0 aliphatic carbocycles. The van der Waals surface area contributed by atoms with Crippen LogP contribution in [0.4, 0.5) is 10.5 Å². The molecular formula is C16H23N3O2. The lowest BCUT2D eigenvalue weighted by molar-refractivity contribution is -0.121. The zero-order valence-electron chi connectivity index (χ0n) is 13.1. The minimum absolute atomic E-state index is 0.0363. The van der Waals surface area contributed by atoms with Gasteiger partial charge in [-0.3, -0.25) is 4.79 Å². The van der Waals surface area contributed by atoms with Gasteiger partial charge in [0, 0.05) is 26.3 Å². The quantitative estimate of drug-likeness (QED) is 0.923. The van der Waals surface area contributed by atoms with Crippen molar-refractivity contribution in [3.63, 3.8) is 0 Å². The topological polar surface area (TPSA) is 52.7 Å². The molecule has 0 unspecified atom stereocenters. The smallest absolute Gasteiger partial charge is 0.317 e. The number of hydrogen-bond donors (Lipinski definition) is 1. The first-order valence-electron chi connectivity index (χ1n) is 7.29. The summed E-state index contributed by atoms with van der Waals surface area (Å²) in [7, 11) is 3.34. The summed E-state index contributed by atoms with van der Waals surface area (Å²) < 4.78 is 0. The molecule has 1 atom stereocenters. The Hall–Kier alpha value is -2.04. The largest absolute Gasteiger partial charge is 0.331 e. The SMILES string of the molecule is CC(C)[C@H](NC(=O)N(C)C)C(=O)N1CCc2ccccc21. The van der Waals surface area contributed by atoms with E-state index in [1.54, 1.807) is 19.0 Å². The predicted molar refractivity (Wildman–Crippen MR) is 83.3 cm³/mol. The van der Waals surface area contributed by atoms with Crippen LogP contribution in [0.3, 0.4) is 0 Å². The van der Waals surface area contributed by atoms with Gasteiger partial charge in [-0.25, -0.2) is 4.79 Å². The van der Waals surface area contributed by atoms with Crippen LogP contribution in [-0.2, 0) is 11.2 Å². The van der Waals surface area contributed by atoms with Crippen LogP contribution >= 0.6 is 0 Å². The van der Waals surface area contributed by atoms with Crippen molar-refractivity contribution in [2.75, 3.05) is 25.5 Å². The molecule has 1 aliphatic heterocycles. The number of anilines is 1. The van der Waals surface area contributed by atoms with Crippen molar-refractivity contribution in [2.24, 2.45) is 5.92 Å². The van der Waals surface area contributed by atoms with Gasteiger partial charge < -0.3 is 15.1 Å². The number of nitrogens with one attached hydrogen (secondary N) is 1. The van der Waals surface area contributed by atoms with Gasteiger partial charge in [-0.05, 0) is 24.0 Å². The second-order valence-corrected chi connectivity index (χ2v) is 5.93. The first-order valence-corrected chi connectivity index (χ1v) is 7.29. The third-order valence-corrected chi connectivity index (χ3v) is 3.77. The molecule has 5 nitrogen and oxygen atoms in total. The van der Waals surface area contributed by atoms with Crippen LogP contribution in [-0.4, -0.2) is 43.5 Å². The Labute approximate surface area is 125 Å². The van der Waals surface area contributed by atoms with Gasteiger partial charge in [0.2, 0.25) is 5.91 Å². The highest BCUT2D eigenvalue weighted by Crippen LogP contribution is 2.28. The monoisotopic (exact) mass is 289 g/mol. The number of amides is 3. The molecule has 1 heterocycles. The summed E-state index contributed by atoms with van der Waals surface area (Å²) in [5, 5.41) is 2.82. The minimum Gasteiger partial charge on any atom is -0.331 e. The van der Waals surface area contributed by atoms with E-state index in [2.05, 4.69) is 5.32 Å². The Balaban J connectivity index is 2.18. The van der Waals surface area contributed by atoms with Gasteiger partial charge in [0.1, 0.15) is 6.04 Å². The van der Waals surface area contributed by atoms with Crippen molar-refractivity contribution in [3.05, 3.63) is 29.8 Å². The van der Waals surface area contributed by atoms with Crippen molar-refractivity contribution in [1.29, 1.82) is 0 Å². The number of fused-ring (bicyclic) bond motifs is 1. The second-order valence-electron chi connectivity index (χ2n) is 5.93. The van der Waals surface area contributed by atoms with E-state index >= 15 is 0 Å². The Kier molecular flexibility index (Phi) is 4.50. The number of hydrogen-bond acceptors (Lipinski definition) is 2. The van der Waals surface area contributed by atoms with Crippen LogP contribution in [0.15, 0.2) is 24.3 Å². The van der Waals surface area contributed by atoms with Crippen LogP contribution in [0, 0.1) is 5.92 Å². The summed E-state index contributed by atoms with van der Waals surface area (Å²) in [6.45, 7) is 4.57. The maximum absolute atomic E-state index is 12.8. The Morgan fingerprint density at radius 3 is 2.52 bits per heavy atom. The van der Waals surface area contributed by atoms with E-state index in [9.17, 15) is 9.59 Å². The van der Waals surface area contributed by atoms with E-state index in [4.69, 9.17) is 0 Å². The fraction of sp³-hybridized carbons (Fsp3) is 0.500. The molecule has 0 bridgehead atoms. The van der Waals surface area contributed by atoms with Gasteiger partial charge in [-0.15, -0.1) is 0 Å². The number of carbonyl (C=O) groups excluding carboxylic acids is 2. The molecule has 0 fully saturated rings. The third-order valence-electron chi connectivity index (χ3n) is 3.77. The first kappa shape index (κ1) is 15.4. The Morgan fingerprint density at radius 2 is 1.90 bits per heavy atom. The molecule has 1 aromatic carbocycles. The number of urea groups is 1. The minimum atomic E-state index is -0.508. The van der Waals surface area contributed by atoms with Crippen molar-refractivity contribution < 1.29 is 9.59 Å². The lowest BCUT2D eigenvalue weighted by Gasteiger charge is -2.28. The average Bonchev–Trinajstić information content (AvgIpc) is 2.87. The molecule has 0 saturated heterocycles. The van der Waals surface area contributed by atoms with Crippen LogP contribution in [0.25, 0.3) is 0 Å². The van der Waals surface area contributed by atoms with Crippen LogP contribution in [0.2, 0.25) is 0 Å². The van der Waals surface area contributed by atoms with Gasteiger partial charge in [-0.1, -0.05) is 32.0 Å². The summed E-state index contributed by atoms with van der Waals surface area (Å²) in [5.41, 5.74) is 2.15. The maximum atomic E-state index is 12.8. The third kappa shape index (κ3) is 3.17. The molecule has 0 radical (unpaired) electrons. The molecule has 21 heavy (non-hydrogen) atoms. The van der Waals surface area contributed by atoms with Crippen molar-refractivity contribution >= 4 is 17.6 Å². The second kappa shape index (κ2) is 6.16. The molecule has 1 N–H and O–H groups in total. The molecule has 2 rings (SSSR count). The molecule has 3 amide bonds. The van der Waals surface area contributed by atoms with E-state index in [1.165, 1.54) is 10.5 Å². The van der Waals surface area contributed by atoms with E-state index in [0.29, 0.717) is 6.54 Å². The van der Waals surface area contributed by atoms with Gasteiger partial charge in [0.05, 0.1) is 0 Å². The maximum Gasteiger partial charge on any atom is 0.317 e. The molecule has 5 heteroatoms. The highest BCUT2D eigenvalue weighted by Gasteiger charge is 2.32. The molecule has 0 spiro atoms. The van der Waals surface area contributed by atoms with Gasteiger partial charge >= 0.3 is 6.03 Å². The molecular weight excluding hydrogens is 266 g/mol. The Bertz CT molecular complexity index is 540. The van der Waals surface area contributed by atoms with Crippen molar-refractivity contribution in [2.45, 2.75) is 26.3 Å². The van der Waals surface area contributed by atoms with E-state index in [1.807, 2.05) is 38.1 Å². The lowest BCUT2D eigenvalue weighted by atomic mass is 10.0. The molecule has 1 aliphatic rings. The van der Waals surface area contributed by atoms with E-state index in [0.717, 1.165) is 12.1 Å². The van der Waals surface area contributed by atoms with Crippen molar-refractivity contribution in [1.82, 2.24) is 10.2 Å². The predicted octanol–water partition coefficient (Wildman–Crippen LogP) is 1.87. The molecule has 0 saturated carbocycles. The average molecular weight is 289 g/mol. The summed E-state index contributed by atoms with van der Waals surface area (Å²) in [4.78, 5) is 27.9. The summed E-state index contributed by atoms with van der Waals surface area (Å²) in [6, 6.07) is 7.19. The van der Waals surface area contributed by atoms with Crippen LogP contribution in [0.5, 0.6) is 0 Å². The lowest BCUT2D eigenvalue weighted by Crippen LogP contribution is -2.53. The van der Waals surface area contributed by atoms with Gasteiger partial charge in [0.25, 0.3) is 0 Å². The fourth-order valence-corrected chi connectivity index (χ4v) is 2.51. The number of rotatable bonds is 3. The normalized spacial score (nSPS) is 14.8. The Morgan fingerprint density at radius 1 is 1.24 bits per heavy atom. The van der Waals surface area contributed by atoms with E-state index in [-0.39, 0.29) is 17.9 Å². The number of benzene rings is 1. The van der Waals surface area contributed by atoms with Gasteiger partial charge in [-0.2, -0.15) is 0 Å². The van der Waals surface area contributed by atoms with Crippen LogP contribution in [0.1, 0.15) is 19.4 Å². The molecule has 114 valence electrons. The number of para-hydroxylation sites is 1. The molecule has 1 aromatic rings. The number of carbonyl (C=O) groups is 2. The van der Waals surface area contributed by atoms with Gasteiger partial charge in [0.15, 0.2) is 0 Å². The number of nitrogens with zero attached hydrogens (tertiary/aromatic N) is 2. The fourth-order valence-electron chi connectivity index (χ4n) is 2.51.